The van der Waals surface area contributed by atoms with Crippen molar-refractivity contribution in [1.29, 1.82) is 0 Å². The molecular formula is C15H28N2O3. The summed E-state index contributed by atoms with van der Waals surface area (Å²) < 4.78 is 5.42. The van der Waals surface area contributed by atoms with Crippen molar-refractivity contribution in [2.75, 3.05) is 13.2 Å². The first-order chi connectivity index (χ1) is 9.50. The average molecular weight is 284 g/mol. The normalized spacial score (nSPS) is 16.6. The Morgan fingerprint density at radius 2 is 1.90 bits per heavy atom. The van der Waals surface area contributed by atoms with E-state index in [0.717, 1.165) is 38.7 Å². The first-order valence-corrected chi connectivity index (χ1v) is 7.70. The summed E-state index contributed by atoms with van der Waals surface area (Å²) in [4.78, 5) is 23.5. The number of ether oxygens (including phenoxy) is 1. The summed E-state index contributed by atoms with van der Waals surface area (Å²) in [6.07, 6.45) is 5.11. The van der Waals surface area contributed by atoms with Crippen molar-refractivity contribution in [1.82, 2.24) is 10.6 Å². The second-order valence-electron chi connectivity index (χ2n) is 5.78. The van der Waals surface area contributed by atoms with Crippen molar-refractivity contribution in [3.63, 3.8) is 0 Å². The number of amides is 2. The number of carbonyl (C=O) groups excluding carboxylic acids is 2. The van der Waals surface area contributed by atoms with E-state index in [-0.39, 0.29) is 23.8 Å². The molecule has 1 fully saturated rings. The van der Waals surface area contributed by atoms with Crippen LogP contribution in [0.4, 0.5) is 0 Å². The monoisotopic (exact) mass is 284 g/mol. The lowest BCUT2D eigenvalue weighted by Gasteiger charge is -2.25. The molecule has 1 saturated carbocycles. The summed E-state index contributed by atoms with van der Waals surface area (Å²) in [5.74, 6) is 0.0325. The predicted molar refractivity (Wildman–Crippen MR) is 78.3 cm³/mol. The van der Waals surface area contributed by atoms with Crippen LogP contribution in [0.2, 0.25) is 0 Å². The molecular weight excluding hydrogens is 256 g/mol. The van der Waals surface area contributed by atoms with Crippen molar-refractivity contribution in [3.8, 4) is 0 Å². The van der Waals surface area contributed by atoms with Gasteiger partial charge in [0.05, 0.1) is 6.10 Å². The molecule has 1 rings (SSSR count). The summed E-state index contributed by atoms with van der Waals surface area (Å²) in [6, 6.07) is -0.449. The van der Waals surface area contributed by atoms with E-state index in [2.05, 4.69) is 10.6 Å². The van der Waals surface area contributed by atoms with Gasteiger partial charge in [-0.3, -0.25) is 9.59 Å². The maximum atomic E-state index is 11.8. The Morgan fingerprint density at radius 3 is 2.45 bits per heavy atom. The number of carbonyl (C=O) groups is 2. The van der Waals surface area contributed by atoms with Crippen LogP contribution in [0.25, 0.3) is 0 Å². The van der Waals surface area contributed by atoms with Crippen LogP contribution >= 0.6 is 0 Å². The third-order valence-corrected chi connectivity index (χ3v) is 3.55. The molecule has 1 aliphatic rings. The maximum absolute atomic E-state index is 11.8. The molecule has 2 N–H and O–H groups in total. The average Bonchev–Trinajstić information content (AvgIpc) is 2.30. The quantitative estimate of drug-likeness (QED) is 0.632. The molecule has 0 aliphatic heterocycles. The number of hydrogen-bond donors (Lipinski definition) is 2. The van der Waals surface area contributed by atoms with Gasteiger partial charge < -0.3 is 15.4 Å². The molecule has 0 aromatic carbocycles. The molecule has 1 atom stereocenters. The van der Waals surface area contributed by atoms with Gasteiger partial charge in [0.25, 0.3) is 0 Å². The van der Waals surface area contributed by atoms with Gasteiger partial charge in [0.15, 0.2) is 0 Å². The van der Waals surface area contributed by atoms with Gasteiger partial charge in [0, 0.05) is 19.1 Å². The molecule has 0 aromatic heterocycles. The predicted octanol–water partition coefficient (Wildman–Crippen LogP) is 1.61. The zero-order valence-electron chi connectivity index (χ0n) is 12.9. The molecule has 116 valence electrons. The van der Waals surface area contributed by atoms with Crippen LogP contribution in [-0.2, 0) is 14.3 Å². The lowest BCUT2D eigenvalue weighted by atomic mass is 9.84. The minimum Gasteiger partial charge on any atom is -0.379 e. The Balaban J connectivity index is 2.04. The number of nitrogens with one attached hydrogen (secondary N) is 2. The smallest absolute Gasteiger partial charge is 0.242 e. The van der Waals surface area contributed by atoms with Crippen molar-refractivity contribution < 1.29 is 14.3 Å². The van der Waals surface area contributed by atoms with Gasteiger partial charge in [-0.05, 0) is 46.5 Å². The maximum Gasteiger partial charge on any atom is 0.242 e. The molecule has 5 heteroatoms. The SMILES string of the molecule is CC(C)OCCCCNC(=O)[C@@H](C)NC(=O)C1CCC1. The van der Waals surface area contributed by atoms with Gasteiger partial charge in [-0.15, -0.1) is 0 Å². The van der Waals surface area contributed by atoms with E-state index in [9.17, 15) is 9.59 Å². The van der Waals surface area contributed by atoms with E-state index in [1.165, 1.54) is 0 Å². The standard InChI is InChI=1S/C15H28N2O3/c1-11(2)20-10-5-4-9-16-14(18)12(3)17-15(19)13-7-6-8-13/h11-13H,4-10H2,1-3H3,(H,16,18)(H,17,19)/t12-/m1/s1. The Hall–Kier alpha value is -1.10. The molecule has 1 aliphatic carbocycles. The summed E-state index contributed by atoms with van der Waals surface area (Å²) in [5, 5.41) is 5.61. The fourth-order valence-corrected chi connectivity index (χ4v) is 1.98. The number of hydrogen-bond acceptors (Lipinski definition) is 3. The van der Waals surface area contributed by atoms with E-state index >= 15 is 0 Å². The highest BCUT2D eigenvalue weighted by Gasteiger charge is 2.27. The fraction of sp³-hybridized carbons (Fsp3) is 0.867. The molecule has 0 saturated heterocycles. The highest BCUT2D eigenvalue weighted by atomic mass is 16.5. The highest BCUT2D eigenvalue weighted by molar-refractivity contribution is 5.88. The molecule has 0 bridgehead atoms. The lowest BCUT2D eigenvalue weighted by molar-refractivity contribution is -0.132. The number of unbranched alkanes of at least 4 members (excludes halogenated alkanes) is 1. The van der Waals surface area contributed by atoms with Crippen LogP contribution < -0.4 is 10.6 Å². The van der Waals surface area contributed by atoms with Gasteiger partial charge in [0.1, 0.15) is 6.04 Å². The largest absolute Gasteiger partial charge is 0.379 e. The second-order valence-corrected chi connectivity index (χ2v) is 5.78. The van der Waals surface area contributed by atoms with Crippen LogP contribution in [0, 0.1) is 5.92 Å². The van der Waals surface area contributed by atoms with Crippen LogP contribution in [0.3, 0.4) is 0 Å². The lowest BCUT2D eigenvalue weighted by Crippen LogP contribution is -2.47. The first kappa shape index (κ1) is 17.0. The third kappa shape index (κ3) is 6.37. The fourth-order valence-electron chi connectivity index (χ4n) is 1.98. The first-order valence-electron chi connectivity index (χ1n) is 7.70. The van der Waals surface area contributed by atoms with E-state index in [1.54, 1.807) is 6.92 Å². The molecule has 0 spiro atoms. The zero-order valence-corrected chi connectivity index (χ0v) is 12.9. The minimum atomic E-state index is -0.449. The zero-order chi connectivity index (χ0) is 15.0. The summed E-state index contributed by atoms with van der Waals surface area (Å²) >= 11 is 0. The van der Waals surface area contributed by atoms with Gasteiger partial charge in [-0.25, -0.2) is 0 Å². The van der Waals surface area contributed by atoms with Crippen LogP contribution in [0.1, 0.15) is 52.9 Å². The van der Waals surface area contributed by atoms with E-state index < -0.39 is 6.04 Å². The topological polar surface area (TPSA) is 67.4 Å². The van der Waals surface area contributed by atoms with Crippen molar-refractivity contribution in [3.05, 3.63) is 0 Å². The Kier molecular flexibility index (Phi) is 7.59. The van der Waals surface area contributed by atoms with Gasteiger partial charge in [-0.2, -0.15) is 0 Å². The molecule has 20 heavy (non-hydrogen) atoms. The molecule has 2 amide bonds. The number of rotatable bonds is 9. The van der Waals surface area contributed by atoms with E-state index in [4.69, 9.17) is 4.74 Å². The van der Waals surface area contributed by atoms with Gasteiger partial charge >= 0.3 is 0 Å². The summed E-state index contributed by atoms with van der Waals surface area (Å²) in [6.45, 7) is 7.10. The summed E-state index contributed by atoms with van der Waals surface area (Å²) in [7, 11) is 0. The third-order valence-electron chi connectivity index (χ3n) is 3.55. The van der Waals surface area contributed by atoms with Crippen molar-refractivity contribution >= 4 is 11.8 Å². The summed E-state index contributed by atoms with van der Waals surface area (Å²) in [5.41, 5.74) is 0. The Labute approximate surface area is 121 Å². The van der Waals surface area contributed by atoms with Gasteiger partial charge in [0.2, 0.25) is 11.8 Å². The molecule has 5 nitrogen and oxygen atoms in total. The molecule has 0 radical (unpaired) electrons. The highest BCUT2D eigenvalue weighted by Crippen LogP contribution is 2.26. The van der Waals surface area contributed by atoms with Gasteiger partial charge in [-0.1, -0.05) is 6.42 Å². The second kappa shape index (κ2) is 8.95. The van der Waals surface area contributed by atoms with E-state index in [1.807, 2.05) is 13.8 Å². The van der Waals surface area contributed by atoms with E-state index in [0.29, 0.717) is 6.54 Å². The van der Waals surface area contributed by atoms with Crippen LogP contribution in [0.5, 0.6) is 0 Å². The van der Waals surface area contributed by atoms with Crippen molar-refractivity contribution in [2.45, 2.75) is 65.0 Å². The Morgan fingerprint density at radius 1 is 1.20 bits per heavy atom. The minimum absolute atomic E-state index is 0.0178. The molecule has 0 aromatic rings. The van der Waals surface area contributed by atoms with Crippen molar-refractivity contribution in [2.24, 2.45) is 5.92 Å². The molecule has 0 unspecified atom stereocenters. The van der Waals surface area contributed by atoms with Crippen LogP contribution in [0.15, 0.2) is 0 Å². The molecule has 0 heterocycles. The Bertz CT molecular complexity index is 314. The van der Waals surface area contributed by atoms with Crippen LogP contribution in [-0.4, -0.2) is 37.1 Å².